The van der Waals surface area contributed by atoms with Crippen LogP contribution in [0, 0.1) is 0 Å². The highest BCUT2D eigenvalue weighted by Gasteiger charge is 2.25. The van der Waals surface area contributed by atoms with Gasteiger partial charge in [-0.3, -0.25) is 9.59 Å². The maximum Gasteiger partial charge on any atom is 0.329 e. The van der Waals surface area contributed by atoms with Crippen LogP contribution in [0.25, 0.3) is 0 Å². The van der Waals surface area contributed by atoms with Crippen LogP contribution in [-0.2, 0) is 14.3 Å². The highest BCUT2D eigenvalue weighted by atomic mass is 35.5. The predicted molar refractivity (Wildman–Crippen MR) is 112 cm³/mol. The number of nitrogens with zero attached hydrogens (tertiary/aromatic N) is 1. The molecule has 1 heterocycles. The van der Waals surface area contributed by atoms with Crippen LogP contribution in [0.1, 0.15) is 42.5 Å². The van der Waals surface area contributed by atoms with Crippen LogP contribution in [0.3, 0.4) is 0 Å². The molecule has 0 aliphatic carbocycles. The molecule has 0 radical (unpaired) electrons. The van der Waals surface area contributed by atoms with E-state index >= 15 is 0 Å². The molecule has 2 rings (SSSR count). The minimum absolute atomic E-state index is 0.184. The van der Waals surface area contributed by atoms with Gasteiger partial charge in [-0.15, -0.1) is 0 Å². The van der Waals surface area contributed by atoms with Crippen LogP contribution in [0.4, 0.5) is 0 Å². The molecule has 1 aromatic carbocycles. The van der Waals surface area contributed by atoms with Gasteiger partial charge in [0, 0.05) is 13.1 Å². The molecule has 1 N–H and O–H groups in total. The van der Waals surface area contributed by atoms with Crippen molar-refractivity contribution < 1.29 is 19.1 Å². The number of hydrogen-bond acceptors (Lipinski definition) is 5. The Morgan fingerprint density at radius 3 is 2.50 bits per heavy atom. The molecule has 0 aromatic heterocycles. The highest BCUT2D eigenvalue weighted by molar-refractivity contribution is 7.98. The van der Waals surface area contributed by atoms with E-state index in [1.165, 1.54) is 0 Å². The summed E-state index contributed by atoms with van der Waals surface area (Å²) >= 11 is 7.62. The average Bonchev–Trinajstić information content (AvgIpc) is 2.98. The summed E-state index contributed by atoms with van der Waals surface area (Å²) in [5.41, 5.74) is 0.298. The van der Waals surface area contributed by atoms with Gasteiger partial charge in [0.15, 0.2) is 6.61 Å². The van der Waals surface area contributed by atoms with Crippen molar-refractivity contribution in [2.24, 2.45) is 0 Å². The van der Waals surface area contributed by atoms with E-state index < -0.39 is 17.9 Å². The van der Waals surface area contributed by atoms with Gasteiger partial charge in [0.1, 0.15) is 6.04 Å². The van der Waals surface area contributed by atoms with E-state index in [1.807, 2.05) is 6.26 Å². The second-order valence-corrected chi connectivity index (χ2v) is 8.08. The zero-order valence-electron chi connectivity index (χ0n) is 16.1. The standard InChI is InChI=1S/C20H27ClN2O4S/c1-28-13-10-17(22-19(25)15-8-4-5-9-16(15)21)20(26)27-14-18(24)23-11-6-2-3-7-12-23/h4-5,8-9,17H,2-3,6-7,10-14H2,1H3,(H,22,25). The molecule has 0 bridgehead atoms. The Bertz CT molecular complexity index is 678. The minimum Gasteiger partial charge on any atom is -0.454 e. The first-order chi connectivity index (χ1) is 13.5. The molecule has 1 aliphatic rings. The van der Waals surface area contributed by atoms with E-state index in [1.54, 1.807) is 40.9 Å². The van der Waals surface area contributed by atoms with Crippen molar-refractivity contribution in [3.05, 3.63) is 34.9 Å². The fraction of sp³-hybridized carbons (Fsp3) is 0.550. The van der Waals surface area contributed by atoms with Gasteiger partial charge >= 0.3 is 5.97 Å². The van der Waals surface area contributed by atoms with Crippen LogP contribution in [0.15, 0.2) is 24.3 Å². The van der Waals surface area contributed by atoms with Gasteiger partial charge in [-0.25, -0.2) is 4.79 Å². The van der Waals surface area contributed by atoms with Crippen LogP contribution in [-0.4, -0.2) is 60.4 Å². The SMILES string of the molecule is CSCCC(NC(=O)c1ccccc1Cl)C(=O)OCC(=O)N1CCCCCC1. The zero-order chi connectivity index (χ0) is 20.4. The van der Waals surface area contributed by atoms with E-state index in [-0.39, 0.29) is 12.5 Å². The lowest BCUT2D eigenvalue weighted by Crippen LogP contribution is -2.44. The number of rotatable bonds is 8. The summed E-state index contributed by atoms with van der Waals surface area (Å²) < 4.78 is 5.24. The first-order valence-corrected chi connectivity index (χ1v) is 11.3. The predicted octanol–water partition coefficient (Wildman–Crippen LogP) is 3.14. The Kier molecular flexibility index (Phi) is 9.64. The first-order valence-electron chi connectivity index (χ1n) is 9.51. The average molecular weight is 427 g/mol. The highest BCUT2D eigenvalue weighted by Crippen LogP contribution is 2.15. The summed E-state index contributed by atoms with van der Waals surface area (Å²) in [6.07, 6.45) is 6.52. The second kappa shape index (κ2) is 12.0. The lowest BCUT2D eigenvalue weighted by Gasteiger charge is -2.21. The molecule has 1 saturated heterocycles. The summed E-state index contributed by atoms with van der Waals surface area (Å²) in [7, 11) is 0. The minimum atomic E-state index is -0.826. The van der Waals surface area contributed by atoms with Crippen LogP contribution in [0.5, 0.6) is 0 Å². The normalized spacial score (nSPS) is 15.4. The number of carbonyl (C=O) groups excluding carboxylic acids is 3. The van der Waals surface area contributed by atoms with E-state index in [0.717, 1.165) is 25.7 Å². The van der Waals surface area contributed by atoms with E-state index in [0.29, 0.717) is 35.8 Å². The van der Waals surface area contributed by atoms with Gasteiger partial charge in [-0.1, -0.05) is 36.6 Å². The third-order valence-electron chi connectivity index (χ3n) is 4.62. The maximum atomic E-state index is 12.5. The molecule has 8 heteroatoms. The van der Waals surface area contributed by atoms with E-state index in [4.69, 9.17) is 16.3 Å². The first kappa shape index (κ1) is 22.6. The van der Waals surface area contributed by atoms with Gasteiger partial charge in [-0.05, 0) is 43.4 Å². The van der Waals surface area contributed by atoms with Gasteiger partial charge in [0.2, 0.25) is 0 Å². The van der Waals surface area contributed by atoms with Crippen molar-refractivity contribution in [1.82, 2.24) is 10.2 Å². The maximum absolute atomic E-state index is 12.5. The Hall–Kier alpha value is -1.73. The second-order valence-electron chi connectivity index (χ2n) is 6.69. The molecule has 1 unspecified atom stereocenters. The zero-order valence-corrected chi connectivity index (χ0v) is 17.7. The van der Waals surface area contributed by atoms with E-state index in [2.05, 4.69) is 5.32 Å². The molecule has 1 aromatic rings. The van der Waals surface area contributed by atoms with Crippen LogP contribution in [0.2, 0.25) is 5.02 Å². The summed E-state index contributed by atoms with van der Waals surface area (Å²) in [5, 5.41) is 3.00. The number of ether oxygens (including phenoxy) is 1. The molecule has 1 fully saturated rings. The number of nitrogens with one attached hydrogen (secondary N) is 1. The third-order valence-corrected chi connectivity index (χ3v) is 5.59. The molecule has 1 aliphatic heterocycles. The lowest BCUT2D eigenvalue weighted by atomic mass is 10.1. The molecular weight excluding hydrogens is 400 g/mol. The largest absolute Gasteiger partial charge is 0.454 e. The lowest BCUT2D eigenvalue weighted by molar-refractivity contribution is -0.153. The monoisotopic (exact) mass is 426 g/mol. The number of thioether (sulfide) groups is 1. The van der Waals surface area contributed by atoms with Crippen molar-refractivity contribution in [2.45, 2.75) is 38.1 Å². The summed E-state index contributed by atoms with van der Waals surface area (Å²) in [5.74, 6) is -0.552. The van der Waals surface area contributed by atoms with E-state index in [9.17, 15) is 14.4 Å². The molecular formula is C20H27ClN2O4S. The molecule has 154 valence electrons. The van der Waals surface area contributed by atoms with Crippen molar-refractivity contribution >= 4 is 41.1 Å². The smallest absolute Gasteiger partial charge is 0.329 e. The number of benzene rings is 1. The van der Waals surface area contributed by atoms with Crippen molar-refractivity contribution in [1.29, 1.82) is 0 Å². The fourth-order valence-corrected chi connectivity index (χ4v) is 3.70. The number of amides is 2. The number of halogens is 1. The number of carbonyl (C=O) groups is 3. The Morgan fingerprint density at radius 2 is 1.86 bits per heavy atom. The van der Waals surface area contributed by atoms with Gasteiger partial charge < -0.3 is 15.0 Å². The Balaban J connectivity index is 1.93. The summed E-state index contributed by atoms with van der Waals surface area (Å²) in [6.45, 7) is 1.11. The molecule has 0 spiro atoms. The van der Waals surface area contributed by atoms with Crippen molar-refractivity contribution in [3.8, 4) is 0 Å². The topological polar surface area (TPSA) is 75.7 Å². The number of esters is 1. The molecule has 6 nitrogen and oxygen atoms in total. The molecule has 0 saturated carbocycles. The number of likely N-dealkylation sites (tertiary alicyclic amines) is 1. The molecule has 2 amide bonds. The summed E-state index contributed by atoms with van der Waals surface area (Å²) in [6, 6.07) is 5.82. The van der Waals surface area contributed by atoms with Crippen LogP contribution >= 0.6 is 23.4 Å². The quantitative estimate of drug-likeness (QED) is 0.646. The van der Waals surface area contributed by atoms with Gasteiger partial charge in [0.25, 0.3) is 11.8 Å². The Labute approximate surface area is 175 Å². The van der Waals surface area contributed by atoms with Gasteiger partial charge in [-0.2, -0.15) is 11.8 Å². The third kappa shape index (κ3) is 7.02. The molecule has 28 heavy (non-hydrogen) atoms. The Morgan fingerprint density at radius 1 is 1.18 bits per heavy atom. The number of hydrogen-bond donors (Lipinski definition) is 1. The summed E-state index contributed by atoms with van der Waals surface area (Å²) in [4.78, 5) is 39.1. The van der Waals surface area contributed by atoms with Crippen LogP contribution < -0.4 is 5.32 Å². The fourth-order valence-electron chi connectivity index (χ4n) is 3.01. The van der Waals surface area contributed by atoms with Crippen molar-refractivity contribution in [3.63, 3.8) is 0 Å². The van der Waals surface area contributed by atoms with Crippen molar-refractivity contribution in [2.75, 3.05) is 31.7 Å². The molecule has 1 atom stereocenters. The van der Waals surface area contributed by atoms with Gasteiger partial charge in [0.05, 0.1) is 10.6 Å².